The van der Waals surface area contributed by atoms with E-state index in [2.05, 4.69) is 0 Å². The van der Waals surface area contributed by atoms with Gasteiger partial charge in [-0.15, -0.1) is 11.8 Å². The highest BCUT2D eigenvalue weighted by Crippen LogP contribution is 2.24. The minimum Gasteiger partial charge on any atom is -0.392 e. The van der Waals surface area contributed by atoms with E-state index in [1.807, 2.05) is 24.3 Å². The fraction of sp³-hybridized carbons (Fsp3) is 0.571. The van der Waals surface area contributed by atoms with Crippen LogP contribution in [0.1, 0.15) is 25.7 Å². The molecule has 1 saturated heterocycles. The summed E-state index contributed by atoms with van der Waals surface area (Å²) < 4.78 is 5.63. The summed E-state index contributed by atoms with van der Waals surface area (Å²) >= 11 is 7.56. The second-order valence-electron chi connectivity index (χ2n) is 4.65. The van der Waals surface area contributed by atoms with Crippen LogP contribution >= 0.6 is 23.4 Å². The standard InChI is InChI=1S/C14H19ClO2S/c15-11-4-3-6-14(8-11)18-10-12(16)9-13-5-1-2-7-17-13/h3-4,6,8,12-13,16H,1-2,5,7,9-10H2. The Bertz CT molecular complexity index is 367. The molecular formula is C14H19ClO2S. The van der Waals surface area contributed by atoms with Crippen LogP contribution in [0.4, 0.5) is 0 Å². The molecule has 2 nitrogen and oxygen atoms in total. The maximum Gasteiger partial charge on any atom is 0.0658 e. The molecule has 1 aliphatic rings. The van der Waals surface area contributed by atoms with E-state index >= 15 is 0 Å². The third-order valence-electron chi connectivity index (χ3n) is 3.05. The molecule has 1 aliphatic heterocycles. The molecule has 0 aromatic heterocycles. The average molecular weight is 287 g/mol. The minimum absolute atomic E-state index is 0.244. The van der Waals surface area contributed by atoms with Gasteiger partial charge >= 0.3 is 0 Å². The summed E-state index contributed by atoms with van der Waals surface area (Å²) in [6.45, 7) is 0.846. The summed E-state index contributed by atoms with van der Waals surface area (Å²) in [5.74, 6) is 0.695. The highest BCUT2D eigenvalue weighted by Gasteiger charge is 2.18. The van der Waals surface area contributed by atoms with Crippen LogP contribution in [-0.4, -0.2) is 29.7 Å². The molecule has 2 rings (SSSR count). The molecule has 0 saturated carbocycles. The lowest BCUT2D eigenvalue weighted by molar-refractivity contribution is -0.0108. The van der Waals surface area contributed by atoms with Crippen LogP contribution in [0.3, 0.4) is 0 Å². The zero-order chi connectivity index (χ0) is 12.8. The zero-order valence-electron chi connectivity index (χ0n) is 10.3. The second-order valence-corrected chi connectivity index (χ2v) is 6.18. The van der Waals surface area contributed by atoms with Gasteiger partial charge in [0.2, 0.25) is 0 Å². The molecule has 0 bridgehead atoms. The Labute approximate surface area is 118 Å². The highest BCUT2D eigenvalue weighted by atomic mass is 35.5. The van der Waals surface area contributed by atoms with Gasteiger partial charge in [0.05, 0.1) is 12.2 Å². The Kier molecular flexibility index (Phi) is 5.83. The summed E-state index contributed by atoms with van der Waals surface area (Å²) in [6.07, 6.45) is 4.14. The number of benzene rings is 1. The molecule has 100 valence electrons. The summed E-state index contributed by atoms with van der Waals surface area (Å²) in [5, 5.41) is 10.7. The molecule has 18 heavy (non-hydrogen) atoms. The Morgan fingerprint density at radius 1 is 1.44 bits per heavy atom. The fourth-order valence-corrected chi connectivity index (χ4v) is 3.27. The van der Waals surface area contributed by atoms with Crippen molar-refractivity contribution in [1.82, 2.24) is 0 Å². The lowest BCUT2D eigenvalue weighted by atomic mass is 10.0. The Morgan fingerprint density at radius 2 is 2.33 bits per heavy atom. The monoisotopic (exact) mass is 286 g/mol. The van der Waals surface area contributed by atoms with Gasteiger partial charge in [0.25, 0.3) is 0 Å². The first-order chi connectivity index (χ1) is 8.74. The van der Waals surface area contributed by atoms with E-state index in [4.69, 9.17) is 16.3 Å². The van der Waals surface area contributed by atoms with Gasteiger partial charge < -0.3 is 9.84 Å². The van der Waals surface area contributed by atoms with Crippen molar-refractivity contribution in [2.24, 2.45) is 0 Å². The van der Waals surface area contributed by atoms with Gasteiger partial charge in [0, 0.05) is 28.7 Å². The molecule has 0 spiro atoms. The van der Waals surface area contributed by atoms with E-state index in [1.165, 1.54) is 6.42 Å². The van der Waals surface area contributed by atoms with Crippen LogP contribution in [0.25, 0.3) is 0 Å². The molecule has 1 fully saturated rings. The van der Waals surface area contributed by atoms with Crippen molar-refractivity contribution < 1.29 is 9.84 Å². The number of halogens is 1. The normalized spacial score (nSPS) is 21.8. The Hall–Kier alpha value is -0.220. The number of ether oxygens (including phenoxy) is 1. The number of hydrogen-bond donors (Lipinski definition) is 1. The molecule has 4 heteroatoms. The summed E-state index contributed by atoms with van der Waals surface area (Å²) in [5.41, 5.74) is 0. The van der Waals surface area contributed by atoms with Crippen LogP contribution in [0, 0.1) is 0 Å². The summed E-state index contributed by atoms with van der Waals surface area (Å²) in [7, 11) is 0. The van der Waals surface area contributed by atoms with Crippen molar-refractivity contribution in [3.05, 3.63) is 29.3 Å². The van der Waals surface area contributed by atoms with E-state index in [0.717, 1.165) is 35.8 Å². The number of hydrogen-bond acceptors (Lipinski definition) is 3. The van der Waals surface area contributed by atoms with Crippen molar-refractivity contribution in [2.75, 3.05) is 12.4 Å². The molecule has 1 aromatic carbocycles. The third kappa shape index (κ3) is 4.81. The van der Waals surface area contributed by atoms with Crippen molar-refractivity contribution in [3.63, 3.8) is 0 Å². The predicted molar refractivity (Wildman–Crippen MR) is 76.4 cm³/mol. The second kappa shape index (κ2) is 7.39. The smallest absolute Gasteiger partial charge is 0.0658 e. The van der Waals surface area contributed by atoms with Crippen molar-refractivity contribution in [3.8, 4) is 0 Å². The largest absolute Gasteiger partial charge is 0.392 e. The molecule has 2 atom stereocenters. The molecule has 0 radical (unpaired) electrons. The van der Waals surface area contributed by atoms with E-state index in [9.17, 15) is 5.11 Å². The van der Waals surface area contributed by atoms with Crippen molar-refractivity contribution in [1.29, 1.82) is 0 Å². The SMILES string of the molecule is OC(CSc1cccc(Cl)c1)CC1CCCCO1. The summed E-state index contributed by atoms with van der Waals surface area (Å²) in [4.78, 5) is 1.10. The maximum atomic E-state index is 10.00. The molecule has 2 unspecified atom stereocenters. The lowest BCUT2D eigenvalue weighted by Crippen LogP contribution is -2.25. The Morgan fingerprint density at radius 3 is 3.06 bits per heavy atom. The topological polar surface area (TPSA) is 29.5 Å². The van der Waals surface area contributed by atoms with Crippen LogP contribution in [0.15, 0.2) is 29.2 Å². The molecular weight excluding hydrogens is 268 g/mol. The highest BCUT2D eigenvalue weighted by molar-refractivity contribution is 7.99. The van der Waals surface area contributed by atoms with Gasteiger partial charge in [-0.25, -0.2) is 0 Å². The summed E-state index contributed by atoms with van der Waals surface area (Å²) in [6, 6.07) is 7.73. The third-order valence-corrected chi connectivity index (χ3v) is 4.42. The van der Waals surface area contributed by atoms with Crippen molar-refractivity contribution in [2.45, 2.75) is 42.8 Å². The van der Waals surface area contributed by atoms with E-state index < -0.39 is 0 Å². The van der Waals surface area contributed by atoms with Crippen LogP contribution < -0.4 is 0 Å². The lowest BCUT2D eigenvalue weighted by Gasteiger charge is -2.24. The van der Waals surface area contributed by atoms with E-state index in [-0.39, 0.29) is 12.2 Å². The molecule has 0 aliphatic carbocycles. The van der Waals surface area contributed by atoms with Gasteiger partial charge in [0.15, 0.2) is 0 Å². The van der Waals surface area contributed by atoms with Gasteiger partial charge in [0.1, 0.15) is 0 Å². The van der Waals surface area contributed by atoms with Gasteiger partial charge in [-0.2, -0.15) is 0 Å². The van der Waals surface area contributed by atoms with Crippen LogP contribution in [0.5, 0.6) is 0 Å². The van der Waals surface area contributed by atoms with E-state index in [0.29, 0.717) is 5.75 Å². The first kappa shape index (κ1) is 14.2. The first-order valence-electron chi connectivity index (χ1n) is 6.42. The average Bonchev–Trinajstić information content (AvgIpc) is 2.38. The number of aliphatic hydroxyl groups excluding tert-OH is 1. The molecule has 1 heterocycles. The zero-order valence-corrected chi connectivity index (χ0v) is 11.9. The van der Waals surface area contributed by atoms with Crippen molar-refractivity contribution >= 4 is 23.4 Å². The molecule has 1 aromatic rings. The predicted octanol–water partition coefficient (Wildman–Crippen LogP) is 3.75. The first-order valence-corrected chi connectivity index (χ1v) is 7.78. The molecule has 0 amide bonds. The van der Waals surface area contributed by atoms with Gasteiger partial charge in [-0.1, -0.05) is 17.7 Å². The number of aliphatic hydroxyl groups is 1. The van der Waals surface area contributed by atoms with Gasteiger partial charge in [-0.05, 0) is 37.5 Å². The van der Waals surface area contributed by atoms with Gasteiger partial charge in [-0.3, -0.25) is 0 Å². The minimum atomic E-state index is -0.308. The number of thioether (sulfide) groups is 1. The molecule has 1 N–H and O–H groups in total. The Balaban J connectivity index is 1.72. The quantitative estimate of drug-likeness (QED) is 0.836. The van der Waals surface area contributed by atoms with Crippen LogP contribution in [-0.2, 0) is 4.74 Å². The fourth-order valence-electron chi connectivity index (χ4n) is 2.11. The number of rotatable bonds is 5. The van der Waals surface area contributed by atoms with Crippen LogP contribution in [0.2, 0.25) is 5.02 Å². The van der Waals surface area contributed by atoms with E-state index in [1.54, 1.807) is 11.8 Å². The maximum absolute atomic E-state index is 10.00.